The van der Waals surface area contributed by atoms with Crippen LogP contribution < -0.4 is 10.9 Å². The fourth-order valence-electron chi connectivity index (χ4n) is 3.46. The Morgan fingerprint density at radius 2 is 1.87 bits per heavy atom. The van der Waals surface area contributed by atoms with Crippen LogP contribution in [0.3, 0.4) is 0 Å². The number of hydrogen-bond donors (Lipinski definition) is 2. The van der Waals surface area contributed by atoms with Crippen molar-refractivity contribution >= 4 is 27.8 Å². The van der Waals surface area contributed by atoms with Gasteiger partial charge in [0.25, 0.3) is 5.56 Å². The first-order valence-electron chi connectivity index (χ1n) is 10.1. The Morgan fingerprint density at radius 3 is 2.63 bits per heavy atom. The topological polar surface area (TPSA) is 106 Å². The van der Waals surface area contributed by atoms with Gasteiger partial charge in [-0.2, -0.15) is 0 Å². The molecule has 8 heteroatoms. The molecule has 0 aliphatic carbocycles. The van der Waals surface area contributed by atoms with Gasteiger partial charge in [-0.05, 0) is 30.2 Å². The number of nitrogens with zero attached hydrogens (tertiary/aromatic N) is 4. The summed E-state index contributed by atoms with van der Waals surface area (Å²) in [5.74, 6) is 0.766. The van der Waals surface area contributed by atoms with Crippen molar-refractivity contribution in [3.63, 3.8) is 0 Å². The van der Waals surface area contributed by atoms with Crippen LogP contribution in [0.15, 0.2) is 53.3 Å². The van der Waals surface area contributed by atoms with Crippen molar-refractivity contribution < 1.29 is 4.79 Å². The number of fused-ring (bicyclic) bond motifs is 2. The second kappa shape index (κ2) is 8.44. The molecule has 0 radical (unpaired) electrons. The molecule has 2 heterocycles. The molecule has 0 saturated heterocycles. The highest BCUT2D eigenvalue weighted by atomic mass is 16.2. The predicted molar refractivity (Wildman–Crippen MR) is 115 cm³/mol. The van der Waals surface area contributed by atoms with Crippen LogP contribution in [0.1, 0.15) is 38.6 Å². The van der Waals surface area contributed by atoms with Crippen LogP contribution in [0.5, 0.6) is 0 Å². The SMILES string of the molecule is CC[C@@H](C)[C@H](NC(=O)CCn1nnc2ccccc2c1=O)c1nc2ccccc2[nH]1. The lowest BCUT2D eigenvalue weighted by Gasteiger charge is -2.22. The molecule has 2 atom stereocenters. The van der Waals surface area contributed by atoms with Crippen molar-refractivity contribution in [2.24, 2.45) is 5.92 Å². The summed E-state index contributed by atoms with van der Waals surface area (Å²) in [4.78, 5) is 33.2. The maximum atomic E-state index is 12.7. The summed E-state index contributed by atoms with van der Waals surface area (Å²) < 4.78 is 1.24. The summed E-state index contributed by atoms with van der Waals surface area (Å²) in [6.07, 6.45) is 1.01. The Bertz CT molecular complexity index is 1210. The molecule has 154 valence electrons. The zero-order valence-corrected chi connectivity index (χ0v) is 17.0. The van der Waals surface area contributed by atoms with E-state index in [1.54, 1.807) is 24.3 Å². The van der Waals surface area contributed by atoms with Gasteiger partial charge in [-0.1, -0.05) is 49.7 Å². The molecule has 0 spiro atoms. The van der Waals surface area contributed by atoms with E-state index in [4.69, 9.17) is 0 Å². The molecule has 2 aromatic heterocycles. The van der Waals surface area contributed by atoms with Crippen molar-refractivity contribution in [1.29, 1.82) is 0 Å². The van der Waals surface area contributed by atoms with Gasteiger partial charge in [0, 0.05) is 6.42 Å². The van der Waals surface area contributed by atoms with Crippen LogP contribution in [0, 0.1) is 5.92 Å². The number of imidazole rings is 1. The van der Waals surface area contributed by atoms with Crippen molar-refractivity contribution in [1.82, 2.24) is 30.3 Å². The average molecular weight is 404 g/mol. The van der Waals surface area contributed by atoms with Crippen molar-refractivity contribution in [3.05, 3.63) is 64.7 Å². The van der Waals surface area contributed by atoms with E-state index in [9.17, 15) is 9.59 Å². The van der Waals surface area contributed by atoms with Crippen molar-refractivity contribution in [2.45, 2.75) is 39.3 Å². The van der Waals surface area contributed by atoms with Gasteiger partial charge in [0.2, 0.25) is 5.91 Å². The monoisotopic (exact) mass is 404 g/mol. The van der Waals surface area contributed by atoms with Crippen molar-refractivity contribution in [2.75, 3.05) is 0 Å². The fourth-order valence-corrected chi connectivity index (χ4v) is 3.46. The normalized spacial score (nSPS) is 13.4. The number of para-hydroxylation sites is 2. The number of rotatable bonds is 7. The largest absolute Gasteiger partial charge is 0.346 e. The zero-order chi connectivity index (χ0) is 21.1. The lowest BCUT2D eigenvalue weighted by molar-refractivity contribution is -0.122. The minimum atomic E-state index is -0.246. The summed E-state index contributed by atoms with van der Waals surface area (Å²) in [5, 5.41) is 11.6. The molecular formula is C22H24N6O2. The minimum absolute atomic E-state index is 0.125. The van der Waals surface area contributed by atoms with Gasteiger partial charge in [-0.15, -0.1) is 5.10 Å². The molecule has 2 aromatic carbocycles. The number of benzene rings is 2. The van der Waals surface area contributed by atoms with Crippen LogP contribution in [-0.2, 0) is 11.3 Å². The highest BCUT2D eigenvalue weighted by molar-refractivity contribution is 5.78. The maximum Gasteiger partial charge on any atom is 0.277 e. The molecule has 0 saturated carbocycles. The zero-order valence-electron chi connectivity index (χ0n) is 17.0. The average Bonchev–Trinajstić information content (AvgIpc) is 3.20. The molecule has 0 aliphatic rings. The molecule has 2 N–H and O–H groups in total. The third-order valence-electron chi connectivity index (χ3n) is 5.41. The highest BCUT2D eigenvalue weighted by Gasteiger charge is 2.23. The quantitative estimate of drug-likeness (QED) is 0.493. The van der Waals surface area contributed by atoms with Gasteiger partial charge in [-0.25, -0.2) is 9.67 Å². The van der Waals surface area contributed by atoms with Crippen LogP contribution in [0.25, 0.3) is 21.9 Å². The number of amides is 1. The van der Waals surface area contributed by atoms with E-state index in [1.807, 2.05) is 24.3 Å². The van der Waals surface area contributed by atoms with Crippen molar-refractivity contribution in [3.8, 4) is 0 Å². The highest BCUT2D eigenvalue weighted by Crippen LogP contribution is 2.24. The summed E-state index contributed by atoms with van der Waals surface area (Å²) in [5.41, 5.74) is 2.11. The number of aromatic nitrogens is 5. The predicted octanol–water partition coefficient (Wildman–Crippen LogP) is 2.96. The van der Waals surface area contributed by atoms with Gasteiger partial charge in [0.05, 0.1) is 29.0 Å². The standard InChI is InChI=1S/C22H24N6O2/c1-3-14(2)20(21-23-17-10-6-7-11-18(17)24-21)25-19(29)12-13-28-22(30)15-8-4-5-9-16(15)26-27-28/h4-11,14,20H,3,12-13H2,1-2H3,(H,23,24)(H,25,29)/t14-,20+/m1/s1. The second-order valence-electron chi connectivity index (χ2n) is 7.45. The number of aromatic amines is 1. The van der Waals surface area contributed by atoms with Crippen LogP contribution >= 0.6 is 0 Å². The number of hydrogen-bond acceptors (Lipinski definition) is 5. The fraction of sp³-hybridized carbons (Fsp3) is 0.318. The summed E-state index contributed by atoms with van der Waals surface area (Å²) in [6.45, 7) is 4.32. The Balaban J connectivity index is 1.49. The van der Waals surface area contributed by atoms with Crippen LogP contribution in [-0.4, -0.2) is 30.9 Å². The molecule has 30 heavy (non-hydrogen) atoms. The second-order valence-corrected chi connectivity index (χ2v) is 7.45. The third kappa shape index (κ3) is 3.94. The molecule has 4 aromatic rings. The van der Waals surface area contributed by atoms with E-state index in [0.29, 0.717) is 10.9 Å². The van der Waals surface area contributed by atoms with Crippen LogP contribution in [0.2, 0.25) is 0 Å². The molecule has 0 aliphatic heterocycles. The van der Waals surface area contributed by atoms with Gasteiger partial charge in [-0.3, -0.25) is 9.59 Å². The number of aryl methyl sites for hydroxylation is 1. The number of nitrogens with one attached hydrogen (secondary N) is 2. The lowest BCUT2D eigenvalue weighted by Crippen LogP contribution is -2.35. The molecule has 1 amide bonds. The number of carbonyl (C=O) groups is 1. The third-order valence-corrected chi connectivity index (χ3v) is 5.41. The molecule has 4 rings (SSSR count). The van der Waals surface area contributed by atoms with E-state index in [-0.39, 0.29) is 36.4 Å². The van der Waals surface area contributed by atoms with Gasteiger partial charge in [0.15, 0.2) is 0 Å². The Morgan fingerprint density at radius 1 is 1.13 bits per heavy atom. The van der Waals surface area contributed by atoms with E-state index in [2.05, 4.69) is 39.4 Å². The molecular weight excluding hydrogens is 380 g/mol. The lowest BCUT2D eigenvalue weighted by atomic mass is 9.98. The van der Waals surface area contributed by atoms with Gasteiger partial charge in [0.1, 0.15) is 11.3 Å². The molecule has 0 unspecified atom stereocenters. The first-order valence-corrected chi connectivity index (χ1v) is 10.1. The van der Waals surface area contributed by atoms with E-state index in [0.717, 1.165) is 23.3 Å². The molecule has 8 nitrogen and oxygen atoms in total. The summed E-state index contributed by atoms with van der Waals surface area (Å²) >= 11 is 0. The number of carbonyl (C=O) groups excluding carboxylic acids is 1. The Labute approximate surface area is 173 Å². The molecule has 0 fully saturated rings. The minimum Gasteiger partial charge on any atom is -0.346 e. The van der Waals surface area contributed by atoms with Gasteiger partial charge < -0.3 is 10.3 Å². The Kier molecular flexibility index (Phi) is 5.56. The first kappa shape index (κ1) is 19.8. The summed E-state index contributed by atoms with van der Waals surface area (Å²) in [6, 6.07) is 14.6. The number of H-pyrrole nitrogens is 1. The van der Waals surface area contributed by atoms with E-state index in [1.165, 1.54) is 4.68 Å². The van der Waals surface area contributed by atoms with Crippen LogP contribution in [0.4, 0.5) is 0 Å². The smallest absolute Gasteiger partial charge is 0.277 e. The maximum absolute atomic E-state index is 12.7. The van der Waals surface area contributed by atoms with E-state index < -0.39 is 0 Å². The summed E-state index contributed by atoms with van der Waals surface area (Å²) in [7, 11) is 0. The molecule has 0 bridgehead atoms. The van der Waals surface area contributed by atoms with E-state index >= 15 is 0 Å². The first-order chi connectivity index (χ1) is 14.6. The Hall–Kier alpha value is -3.55. The van der Waals surface area contributed by atoms with Gasteiger partial charge >= 0.3 is 0 Å².